The maximum atomic E-state index is 10.2. The van der Waals surface area contributed by atoms with Crippen LogP contribution in [0.4, 0.5) is 5.82 Å². The molecule has 0 aliphatic carbocycles. The molecule has 0 amide bonds. The van der Waals surface area contributed by atoms with Crippen molar-refractivity contribution >= 4 is 11.9 Å². The van der Waals surface area contributed by atoms with Crippen LogP contribution in [0.5, 0.6) is 0 Å². The van der Waals surface area contributed by atoms with Crippen LogP contribution < -0.4 is 0 Å². The number of hydrogen-bond donors (Lipinski definition) is 0. The van der Waals surface area contributed by atoms with Crippen LogP contribution in [0.3, 0.4) is 0 Å². The largest absolute Gasteiger partial charge is 0.390 e. The zero-order valence-corrected chi connectivity index (χ0v) is 5.60. The lowest BCUT2D eigenvalue weighted by atomic mass is 10.4. The molecule has 5 nitrogen and oxygen atoms in total. The first kappa shape index (κ1) is 6.09. The minimum atomic E-state index is -0.487. The molecule has 0 saturated carbocycles. The minimum absolute atomic E-state index is 0.0793. The third kappa shape index (κ3) is 0.813. The molecule has 1 aromatic rings. The predicted molar refractivity (Wildman–Crippen MR) is 37.9 cm³/mol. The molecule has 0 radical (unpaired) electrons. The smallest absolute Gasteiger partial charge is 0.358 e. The second kappa shape index (κ2) is 1.91. The summed E-state index contributed by atoms with van der Waals surface area (Å²) in [5, 5.41) is 14.0. The zero-order valence-electron chi connectivity index (χ0n) is 5.60. The van der Waals surface area contributed by atoms with Crippen molar-refractivity contribution in [3.63, 3.8) is 0 Å². The van der Waals surface area contributed by atoms with Crippen molar-refractivity contribution in [3.05, 3.63) is 28.0 Å². The first-order valence-electron chi connectivity index (χ1n) is 3.16. The monoisotopic (exact) mass is 151 g/mol. The third-order valence-corrected chi connectivity index (χ3v) is 1.55. The van der Waals surface area contributed by atoms with Gasteiger partial charge in [0.15, 0.2) is 0 Å². The molecule has 0 spiro atoms. The summed E-state index contributed by atoms with van der Waals surface area (Å²) < 4.78 is 1.60. The second-order valence-electron chi connectivity index (χ2n) is 2.27. The van der Waals surface area contributed by atoms with Gasteiger partial charge in [0.25, 0.3) is 0 Å². The number of nitro groups is 1. The molecule has 0 unspecified atom stereocenters. The van der Waals surface area contributed by atoms with Crippen LogP contribution >= 0.6 is 0 Å². The van der Waals surface area contributed by atoms with E-state index in [9.17, 15) is 10.1 Å². The molecule has 0 atom stereocenters. The summed E-state index contributed by atoms with van der Waals surface area (Å²) in [7, 11) is 0. The van der Waals surface area contributed by atoms with Crippen LogP contribution in [0.15, 0.2) is 12.1 Å². The predicted octanol–water partition coefficient (Wildman–Crippen LogP) is 0.818. The van der Waals surface area contributed by atoms with Crippen molar-refractivity contribution in [1.29, 1.82) is 0 Å². The standard InChI is InChI=1S/C6H5N3O2/c10-9(11)6-4-5-2-1-3-8(5)7-6/h1-2,4H,3H2. The van der Waals surface area contributed by atoms with Crippen LogP contribution in [0.1, 0.15) is 5.69 Å². The van der Waals surface area contributed by atoms with Gasteiger partial charge in [-0.25, -0.2) is 0 Å². The van der Waals surface area contributed by atoms with Gasteiger partial charge in [-0.15, -0.1) is 0 Å². The summed E-state index contributed by atoms with van der Waals surface area (Å²) in [4.78, 5) is 9.73. The van der Waals surface area contributed by atoms with Crippen LogP contribution in [0, 0.1) is 10.1 Å². The van der Waals surface area contributed by atoms with E-state index in [0.717, 1.165) is 5.69 Å². The maximum Gasteiger partial charge on any atom is 0.390 e. The van der Waals surface area contributed by atoms with E-state index in [-0.39, 0.29) is 5.82 Å². The molecule has 56 valence electrons. The molecule has 2 rings (SSSR count). The third-order valence-electron chi connectivity index (χ3n) is 1.55. The molecule has 11 heavy (non-hydrogen) atoms. The summed E-state index contributed by atoms with van der Waals surface area (Å²) >= 11 is 0. The molecule has 0 bridgehead atoms. The topological polar surface area (TPSA) is 61.0 Å². The zero-order chi connectivity index (χ0) is 7.84. The van der Waals surface area contributed by atoms with E-state index in [0.29, 0.717) is 6.54 Å². The number of aromatic nitrogens is 2. The Morgan fingerprint density at radius 2 is 2.55 bits per heavy atom. The fraction of sp³-hybridized carbons (Fsp3) is 0.167. The Hall–Kier alpha value is -1.65. The highest BCUT2D eigenvalue weighted by Crippen LogP contribution is 2.16. The molecule has 1 aliphatic heterocycles. The molecule has 0 fully saturated rings. The fourth-order valence-electron chi connectivity index (χ4n) is 1.06. The van der Waals surface area contributed by atoms with E-state index in [1.54, 1.807) is 4.68 Å². The van der Waals surface area contributed by atoms with Gasteiger partial charge >= 0.3 is 5.82 Å². The van der Waals surface area contributed by atoms with Crippen molar-refractivity contribution in [2.75, 3.05) is 0 Å². The van der Waals surface area contributed by atoms with Gasteiger partial charge in [0.2, 0.25) is 0 Å². The Morgan fingerprint density at radius 1 is 1.73 bits per heavy atom. The van der Waals surface area contributed by atoms with E-state index in [1.165, 1.54) is 6.07 Å². The highest BCUT2D eigenvalue weighted by molar-refractivity contribution is 5.51. The minimum Gasteiger partial charge on any atom is -0.358 e. The Balaban J connectivity index is 2.49. The Morgan fingerprint density at radius 3 is 3.18 bits per heavy atom. The Kier molecular flexibility index (Phi) is 1.06. The normalized spacial score (nSPS) is 13.5. The Labute approximate surface area is 62.1 Å². The second-order valence-corrected chi connectivity index (χ2v) is 2.27. The molecule has 0 N–H and O–H groups in total. The molecule has 0 saturated heterocycles. The van der Waals surface area contributed by atoms with Crippen molar-refractivity contribution < 1.29 is 4.92 Å². The van der Waals surface area contributed by atoms with E-state index in [4.69, 9.17) is 0 Å². The molecular formula is C6H5N3O2. The van der Waals surface area contributed by atoms with Crippen molar-refractivity contribution in [3.8, 4) is 0 Å². The quantitative estimate of drug-likeness (QED) is 0.441. The van der Waals surface area contributed by atoms with E-state index >= 15 is 0 Å². The van der Waals surface area contributed by atoms with Crippen LogP contribution in [0.2, 0.25) is 0 Å². The number of rotatable bonds is 1. The first-order chi connectivity index (χ1) is 5.27. The average Bonchev–Trinajstić information content (AvgIpc) is 2.40. The van der Waals surface area contributed by atoms with Crippen molar-refractivity contribution in [1.82, 2.24) is 9.78 Å². The van der Waals surface area contributed by atoms with Crippen molar-refractivity contribution in [2.24, 2.45) is 0 Å². The maximum absolute atomic E-state index is 10.2. The van der Waals surface area contributed by atoms with E-state index < -0.39 is 4.92 Å². The van der Waals surface area contributed by atoms with Gasteiger partial charge < -0.3 is 10.1 Å². The van der Waals surface area contributed by atoms with Crippen LogP contribution in [-0.4, -0.2) is 14.7 Å². The van der Waals surface area contributed by atoms with Gasteiger partial charge in [-0.1, -0.05) is 6.08 Å². The number of hydrogen-bond acceptors (Lipinski definition) is 3. The fourth-order valence-corrected chi connectivity index (χ4v) is 1.06. The van der Waals surface area contributed by atoms with E-state index in [2.05, 4.69) is 5.10 Å². The van der Waals surface area contributed by atoms with Gasteiger partial charge in [-0.3, -0.25) is 0 Å². The number of nitrogens with zero attached hydrogens (tertiary/aromatic N) is 3. The summed E-state index contributed by atoms with van der Waals surface area (Å²) in [5.74, 6) is -0.0793. The first-order valence-corrected chi connectivity index (χ1v) is 3.16. The van der Waals surface area contributed by atoms with Gasteiger partial charge in [0.1, 0.15) is 0 Å². The molecule has 1 aliphatic rings. The SMILES string of the molecule is O=[N+]([O-])c1cc2n(n1)CC=C2. The highest BCUT2D eigenvalue weighted by atomic mass is 16.6. The Bertz CT molecular complexity index is 340. The highest BCUT2D eigenvalue weighted by Gasteiger charge is 2.17. The number of fused-ring (bicyclic) bond motifs is 1. The molecule has 1 aromatic heterocycles. The molecule has 5 heteroatoms. The molecule has 2 heterocycles. The van der Waals surface area contributed by atoms with Crippen LogP contribution in [-0.2, 0) is 6.54 Å². The van der Waals surface area contributed by atoms with Crippen LogP contribution in [0.25, 0.3) is 6.08 Å². The van der Waals surface area contributed by atoms with Gasteiger partial charge in [0, 0.05) is 0 Å². The van der Waals surface area contributed by atoms with Crippen molar-refractivity contribution in [2.45, 2.75) is 6.54 Å². The lowest BCUT2D eigenvalue weighted by Gasteiger charge is -1.83. The summed E-state index contributed by atoms with van der Waals surface area (Å²) in [5.41, 5.74) is 0.803. The molecule has 0 aromatic carbocycles. The number of allylic oxidation sites excluding steroid dienone is 1. The lowest BCUT2D eigenvalue weighted by Crippen LogP contribution is -1.96. The summed E-state index contributed by atoms with van der Waals surface area (Å²) in [6, 6.07) is 1.46. The van der Waals surface area contributed by atoms with Gasteiger partial charge in [-0.05, 0) is 11.0 Å². The summed E-state index contributed by atoms with van der Waals surface area (Å²) in [6.45, 7) is 0.642. The summed E-state index contributed by atoms with van der Waals surface area (Å²) in [6.07, 6.45) is 3.73. The lowest BCUT2D eigenvalue weighted by molar-refractivity contribution is -0.389. The van der Waals surface area contributed by atoms with E-state index in [1.807, 2.05) is 12.2 Å². The van der Waals surface area contributed by atoms with Gasteiger partial charge in [-0.2, -0.15) is 4.68 Å². The average molecular weight is 151 g/mol. The molecular weight excluding hydrogens is 146 g/mol. The van der Waals surface area contributed by atoms with Gasteiger partial charge in [0.05, 0.1) is 23.4 Å².